The average molecular weight is 245 g/mol. The molecule has 0 bridgehead atoms. The Morgan fingerprint density at radius 2 is 2.11 bits per heavy atom. The van der Waals surface area contributed by atoms with Crippen molar-refractivity contribution in [1.82, 2.24) is 0 Å². The van der Waals surface area contributed by atoms with Gasteiger partial charge in [-0.1, -0.05) is 12.1 Å². The van der Waals surface area contributed by atoms with Crippen molar-refractivity contribution in [3.63, 3.8) is 0 Å². The maximum Gasteiger partial charge on any atom is 0.339 e. The molecule has 0 saturated carbocycles. The Kier molecular flexibility index (Phi) is 4.46. The van der Waals surface area contributed by atoms with Crippen LogP contribution in [0.4, 0.5) is 5.69 Å². The number of nitrogens with zero attached hydrogens (tertiary/aromatic N) is 1. The minimum absolute atomic E-state index is 0.241. The number of amides is 1. The standard InChI is InChI=1S/C12H11N3O3/c1-18-12(17)9-4-2-3-5-10(9)15-7-8(6-13)11(14)16/h2-5,7,15H,1H3,(H2,14,16). The van der Waals surface area contributed by atoms with Crippen molar-refractivity contribution in [1.29, 1.82) is 5.26 Å². The van der Waals surface area contributed by atoms with Crippen LogP contribution in [-0.4, -0.2) is 19.0 Å². The number of para-hydroxylation sites is 1. The third kappa shape index (κ3) is 3.09. The highest BCUT2D eigenvalue weighted by Crippen LogP contribution is 2.16. The molecule has 3 N–H and O–H groups in total. The number of nitrogens with one attached hydrogen (secondary N) is 1. The molecular formula is C12H11N3O3. The Hall–Kier alpha value is -2.81. The summed E-state index contributed by atoms with van der Waals surface area (Å²) < 4.78 is 4.60. The Morgan fingerprint density at radius 3 is 2.67 bits per heavy atom. The van der Waals surface area contributed by atoms with Gasteiger partial charge in [-0.25, -0.2) is 4.79 Å². The van der Waals surface area contributed by atoms with Gasteiger partial charge in [-0.15, -0.1) is 0 Å². The lowest BCUT2D eigenvalue weighted by atomic mass is 10.2. The van der Waals surface area contributed by atoms with Crippen molar-refractivity contribution < 1.29 is 14.3 Å². The fourth-order valence-electron chi connectivity index (χ4n) is 1.21. The second-order valence-corrected chi connectivity index (χ2v) is 3.22. The summed E-state index contributed by atoms with van der Waals surface area (Å²) in [6, 6.07) is 8.17. The van der Waals surface area contributed by atoms with Gasteiger partial charge in [0.1, 0.15) is 11.6 Å². The van der Waals surface area contributed by atoms with E-state index in [2.05, 4.69) is 10.1 Å². The van der Waals surface area contributed by atoms with E-state index in [0.717, 1.165) is 6.20 Å². The molecule has 1 aromatic carbocycles. The Bertz CT molecular complexity index is 544. The van der Waals surface area contributed by atoms with E-state index >= 15 is 0 Å². The van der Waals surface area contributed by atoms with Crippen molar-refractivity contribution in [2.24, 2.45) is 5.73 Å². The molecular weight excluding hydrogens is 234 g/mol. The van der Waals surface area contributed by atoms with Crippen LogP contribution in [0.25, 0.3) is 0 Å². The van der Waals surface area contributed by atoms with Gasteiger partial charge in [0.2, 0.25) is 0 Å². The summed E-state index contributed by atoms with van der Waals surface area (Å²) in [4.78, 5) is 22.3. The first-order chi connectivity index (χ1) is 8.60. The van der Waals surface area contributed by atoms with Gasteiger partial charge in [-0.2, -0.15) is 5.26 Å². The molecule has 1 amide bonds. The summed E-state index contributed by atoms with van der Waals surface area (Å²) >= 11 is 0. The monoisotopic (exact) mass is 245 g/mol. The first kappa shape index (κ1) is 13.3. The number of hydrogen-bond acceptors (Lipinski definition) is 5. The lowest BCUT2D eigenvalue weighted by Gasteiger charge is -2.07. The molecule has 1 aromatic rings. The van der Waals surface area contributed by atoms with E-state index in [1.807, 2.05) is 0 Å². The van der Waals surface area contributed by atoms with Crippen LogP contribution < -0.4 is 11.1 Å². The average Bonchev–Trinajstić information content (AvgIpc) is 2.38. The van der Waals surface area contributed by atoms with Crippen LogP contribution in [0.2, 0.25) is 0 Å². The predicted molar refractivity (Wildman–Crippen MR) is 64.3 cm³/mol. The molecule has 0 atom stereocenters. The molecule has 0 unspecified atom stereocenters. The smallest absolute Gasteiger partial charge is 0.339 e. The maximum absolute atomic E-state index is 11.4. The van der Waals surface area contributed by atoms with Crippen LogP contribution in [0.5, 0.6) is 0 Å². The predicted octanol–water partition coefficient (Wildman–Crippen LogP) is 0.778. The molecule has 0 aliphatic rings. The van der Waals surface area contributed by atoms with E-state index in [1.54, 1.807) is 30.3 Å². The number of methoxy groups -OCH3 is 1. The zero-order valence-corrected chi connectivity index (χ0v) is 9.64. The van der Waals surface area contributed by atoms with Crippen molar-refractivity contribution in [2.45, 2.75) is 0 Å². The number of benzene rings is 1. The van der Waals surface area contributed by atoms with Crippen LogP contribution >= 0.6 is 0 Å². The molecule has 0 radical (unpaired) electrons. The number of primary amides is 1. The molecule has 6 nitrogen and oxygen atoms in total. The molecule has 0 fully saturated rings. The fourth-order valence-corrected chi connectivity index (χ4v) is 1.21. The summed E-state index contributed by atoms with van der Waals surface area (Å²) in [6.07, 6.45) is 1.14. The Labute approximate surface area is 104 Å². The summed E-state index contributed by atoms with van der Waals surface area (Å²) in [5, 5.41) is 11.3. The highest BCUT2D eigenvalue weighted by atomic mass is 16.5. The van der Waals surface area contributed by atoms with E-state index in [4.69, 9.17) is 11.0 Å². The SMILES string of the molecule is COC(=O)c1ccccc1NC=C(C#N)C(N)=O. The van der Waals surface area contributed by atoms with Crippen molar-refractivity contribution >= 4 is 17.6 Å². The highest BCUT2D eigenvalue weighted by molar-refractivity contribution is 5.98. The molecule has 0 saturated heterocycles. The number of carbonyl (C=O) groups is 2. The number of anilines is 1. The number of nitriles is 1. The molecule has 6 heteroatoms. The van der Waals surface area contributed by atoms with Gasteiger partial charge in [0.25, 0.3) is 5.91 Å². The van der Waals surface area contributed by atoms with Crippen molar-refractivity contribution in [3.05, 3.63) is 41.6 Å². The lowest BCUT2D eigenvalue weighted by Crippen LogP contribution is -2.14. The van der Waals surface area contributed by atoms with E-state index in [1.165, 1.54) is 7.11 Å². The fraction of sp³-hybridized carbons (Fsp3) is 0.0833. The summed E-state index contributed by atoms with van der Waals surface area (Å²) in [7, 11) is 1.26. The van der Waals surface area contributed by atoms with E-state index in [-0.39, 0.29) is 11.1 Å². The molecule has 0 aliphatic carbocycles. The van der Waals surface area contributed by atoms with Crippen LogP contribution in [0.3, 0.4) is 0 Å². The normalized spacial score (nSPS) is 10.3. The second-order valence-electron chi connectivity index (χ2n) is 3.22. The summed E-state index contributed by atoms with van der Waals surface area (Å²) in [6.45, 7) is 0. The third-order valence-corrected chi connectivity index (χ3v) is 2.09. The number of carbonyl (C=O) groups excluding carboxylic acids is 2. The first-order valence-corrected chi connectivity index (χ1v) is 4.94. The molecule has 0 aromatic heterocycles. The molecule has 0 aliphatic heterocycles. The van der Waals surface area contributed by atoms with Crippen LogP contribution in [0.1, 0.15) is 10.4 Å². The zero-order valence-electron chi connectivity index (χ0n) is 9.64. The second kappa shape index (κ2) is 6.06. The minimum Gasteiger partial charge on any atom is -0.465 e. The van der Waals surface area contributed by atoms with Gasteiger partial charge in [-0.05, 0) is 12.1 Å². The minimum atomic E-state index is -0.847. The molecule has 18 heavy (non-hydrogen) atoms. The topological polar surface area (TPSA) is 105 Å². The number of rotatable bonds is 4. The zero-order chi connectivity index (χ0) is 13.5. The van der Waals surface area contributed by atoms with Gasteiger partial charge < -0.3 is 15.8 Å². The number of hydrogen-bond donors (Lipinski definition) is 2. The molecule has 1 rings (SSSR count). The van der Waals surface area contributed by atoms with E-state index < -0.39 is 11.9 Å². The number of ether oxygens (including phenoxy) is 1. The number of esters is 1. The van der Waals surface area contributed by atoms with Crippen molar-refractivity contribution in [2.75, 3.05) is 12.4 Å². The van der Waals surface area contributed by atoms with Crippen LogP contribution in [0, 0.1) is 11.3 Å². The molecule has 0 heterocycles. The maximum atomic E-state index is 11.4. The van der Waals surface area contributed by atoms with Gasteiger partial charge in [-0.3, -0.25) is 4.79 Å². The largest absolute Gasteiger partial charge is 0.465 e. The Balaban J connectivity index is 3.02. The van der Waals surface area contributed by atoms with Gasteiger partial charge in [0.05, 0.1) is 18.4 Å². The lowest BCUT2D eigenvalue weighted by molar-refractivity contribution is -0.114. The highest BCUT2D eigenvalue weighted by Gasteiger charge is 2.10. The van der Waals surface area contributed by atoms with Gasteiger partial charge >= 0.3 is 5.97 Å². The van der Waals surface area contributed by atoms with Gasteiger partial charge in [0, 0.05) is 6.20 Å². The third-order valence-electron chi connectivity index (χ3n) is 2.09. The first-order valence-electron chi connectivity index (χ1n) is 4.94. The summed E-state index contributed by atoms with van der Waals surface area (Å²) in [5.41, 5.74) is 5.44. The van der Waals surface area contributed by atoms with Gasteiger partial charge in [0.15, 0.2) is 0 Å². The molecule has 92 valence electrons. The van der Waals surface area contributed by atoms with Crippen LogP contribution in [-0.2, 0) is 9.53 Å². The van der Waals surface area contributed by atoms with Crippen LogP contribution in [0.15, 0.2) is 36.0 Å². The summed E-state index contributed by atoms with van der Waals surface area (Å²) in [5.74, 6) is -1.37. The number of nitrogens with two attached hydrogens (primary N) is 1. The van der Waals surface area contributed by atoms with E-state index in [9.17, 15) is 9.59 Å². The van der Waals surface area contributed by atoms with Crippen molar-refractivity contribution in [3.8, 4) is 6.07 Å². The Morgan fingerprint density at radius 1 is 1.44 bits per heavy atom. The quantitative estimate of drug-likeness (QED) is 0.463. The molecule has 0 spiro atoms. The van der Waals surface area contributed by atoms with E-state index in [0.29, 0.717) is 5.69 Å².